The molecule has 0 atom stereocenters. The van der Waals surface area contributed by atoms with Crippen LogP contribution in [0.2, 0.25) is 0 Å². The van der Waals surface area contributed by atoms with Gasteiger partial charge >= 0.3 is 0 Å². The topological polar surface area (TPSA) is 69.2 Å². The second kappa shape index (κ2) is 5.35. The van der Waals surface area contributed by atoms with Gasteiger partial charge in [0.1, 0.15) is 5.84 Å². The van der Waals surface area contributed by atoms with E-state index in [1.54, 1.807) is 6.20 Å². The molecule has 1 fully saturated rings. The number of nitrogens with two attached hydrogens (primary N) is 1. The fourth-order valence-corrected chi connectivity index (χ4v) is 2.49. The summed E-state index contributed by atoms with van der Waals surface area (Å²) in [6.07, 6.45) is 5.78. The molecule has 0 unspecified atom stereocenters. The van der Waals surface area contributed by atoms with Crippen molar-refractivity contribution in [1.82, 2.24) is 9.88 Å². The molecule has 1 aromatic rings. The van der Waals surface area contributed by atoms with Crippen LogP contribution in [0.15, 0.2) is 18.5 Å². The minimum absolute atomic E-state index is 0.113. The number of piperidine rings is 1. The van der Waals surface area contributed by atoms with Crippen molar-refractivity contribution < 1.29 is 0 Å². The van der Waals surface area contributed by atoms with E-state index in [2.05, 4.69) is 28.9 Å². The zero-order valence-corrected chi connectivity index (χ0v) is 11.1. The number of rotatable bonds is 3. The number of nitrogens with one attached hydrogen (secondary N) is 1. The summed E-state index contributed by atoms with van der Waals surface area (Å²) in [5, 5.41) is 7.62. The number of anilines is 1. The molecule has 2 heterocycles. The first-order valence-electron chi connectivity index (χ1n) is 6.29. The van der Waals surface area contributed by atoms with Gasteiger partial charge in [-0.1, -0.05) is 0 Å². The van der Waals surface area contributed by atoms with Crippen LogP contribution in [-0.2, 0) is 0 Å². The van der Waals surface area contributed by atoms with E-state index in [-0.39, 0.29) is 5.84 Å². The van der Waals surface area contributed by atoms with Gasteiger partial charge in [0.05, 0.1) is 11.9 Å². The number of hydrogen-bond donors (Lipinski definition) is 2. The quantitative estimate of drug-likeness (QED) is 0.615. The normalized spacial score (nSPS) is 17.2. The maximum absolute atomic E-state index is 7.62. The molecular formula is C13H21N5. The zero-order valence-electron chi connectivity index (χ0n) is 11.1. The Morgan fingerprint density at radius 2 is 2.11 bits per heavy atom. The molecule has 18 heavy (non-hydrogen) atoms. The summed E-state index contributed by atoms with van der Waals surface area (Å²) in [4.78, 5) is 8.72. The monoisotopic (exact) mass is 247 g/mol. The third-order valence-corrected chi connectivity index (χ3v) is 3.63. The first-order chi connectivity index (χ1) is 8.59. The second-order valence-corrected chi connectivity index (χ2v) is 4.99. The van der Waals surface area contributed by atoms with Crippen molar-refractivity contribution in [3.8, 4) is 0 Å². The van der Waals surface area contributed by atoms with Gasteiger partial charge in [-0.2, -0.15) is 0 Å². The molecule has 0 amide bonds. The first kappa shape index (κ1) is 12.8. The van der Waals surface area contributed by atoms with Crippen molar-refractivity contribution >= 4 is 11.5 Å². The van der Waals surface area contributed by atoms with Crippen molar-refractivity contribution in [2.75, 3.05) is 32.1 Å². The Bertz CT molecular complexity index is 421. The summed E-state index contributed by atoms with van der Waals surface area (Å²) in [6.45, 7) is 1.99. The molecule has 0 radical (unpaired) electrons. The highest BCUT2D eigenvalue weighted by atomic mass is 15.2. The minimum Gasteiger partial charge on any atom is -0.384 e. The van der Waals surface area contributed by atoms with Gasteiger partial charge in [0.25, 0.3) is 0 Å². The van der Waals surface area contributed by atoms with Gasteiger partial charge in [-0.3, -0.25) is 10.4 Å². The van der Waals surface area contributed by atoms with Crippen LogP contribution in [0, 0.1) is 5.41 Å². The molecule has 3 N–H and O–H groups in total. The highest BCUT2D eigenvalue weighted by molar-refractivity contribution is 6.00. The van der Waals surface area contributed by atoms with E-state index in [1.807, 2.05) is 12.3 Å². The lowest BCUT2D eigenvalue weighted by molar-refractivity contribution is 0.249. The molecule has 0 aliphatic carbocycles. The van der Waals surface area contributed by atoms with Crippen molar-refractivity contribution in [2.45, 2.75) is 18.9 Å². The van der Waals surface area contributed by atoms with Crippen LogP contribution in [0.5, 0.6) is 0 Å². The highest BCUT2D eigenvalue weighted by Crippen LogP contribution is 2.24. The standard InChI is InChI=1S/C13H21N5/c1-17(2)10-4-7-18(8-5-10)12-9-16-6-3-11(12)13(14)15/h3,6,9-10H,4-5,7-8H2,1-2H3,(H3,14,15). The molecule has 0 aromatic carbocycles. The summed E-state index contributed by atoms with van der Waals surface area (Å²) < 4.78 is 0. The van der Waals surface area contributed by atoms with Gasteiger partial charge in [-0.05, 0) is 33.0 Å². The fraction of sp³-hybridized carbons (Fsp3) is 0.538. The van der Waals surface area contributed by atoms with E-state index in [1.165, 1.54) is 0 Å². The van der Waals surface area contributed by atoms with Crippen LogP contribution in [0.4, 0.5) is 5.69 Å². The summed E-state index contributed by atoms with van der Waals surface area (Å²) in [7, 11) is 4.26. The summed E-state index contributed by atoms with van der Waals surface area (Å²) in [5.74, 6) is 0.113. The van der Waals surface area contributed by atoms with E-state index in [0.29, 0.717) is 6.04 Å². The van der Waals surface area contributed by atoms with Crippen molar-refractivity contribution in [2.24, 2.45) is 5.73 Å². The van der Waals surface area contributed by atoms with Crippen LogP contribution in [0.3, 0.4) is 0 Å². The Hall–Kier alpha value is -1.62. The SMILES string of the molecule is CN(C)C1CCN(c2cnccc2C(=N)N)CC1. The number of nitrogens with zero attached hydrogens (tertiary/aromatic N) is 3. The van der Waals surface area contributed by atoms with E-state index in [0.717, 1.165) is 37.2 Å². The molecular weight excluding hydrogens is 226 g/mol. The van der Waals surface area contributed by atoms with Crippen LogP contribution < -0.4 is 10.6 Å². The van der Waals surface area contributed by atoms with E-state index >= 15 is 0 Å². The van der Waals surface area contributed by atoms with Gasteiger partial charge < -0.3 is 15.5 Å². The van der Waals surface area contributed by atoms with Gasteiger partial charge in [-0.25, -0.2) is 0 Å². The Morgan fingerprint density at radius 1 is 1.44 bits per heavy atom. The lowest BCUT2D eigenvalue weighted by Crippen LogP contribution is -2.42. The van der Waals surface area contributed by atoms with Crippen LogP contribution in [0.25, 0.3) is 0 Å². The Balaban J connectivity index is 2.12. The summed E-state index contributed by atoms with van der Waals surface area (Å²) in [6, 6.07) is 2.47. The number of hydrogen-bond acceptors (Lipinski definition) is 4. The molecule has 1 aliphatic rings. The van der Waals surface area contributed by atoms with Crippen molar-refractivity contribution in [1.29, 1.82) is 5.41 Å². The maximum atomic E-state index is 7.62. The van der Waals surface area contributed by atoms with Crippen LogP contribution in [-0.4, -0.2) is 48.9 Å². The molecule has 5 heteroatoms. The lowest BCUT2D eigenvalue weighted by Gasteiger charge is -2.37. The van der Waals surface area contributed by atoms with Crippen LogP contribution in [0.1, 0.15) is 18.4 Å². The number of nitrogen functional groups attached to an aromatic ring is 1. The smallest absolute Gasteiger partial charge is 0.125 e. The maximum Gasteiger partial charge on any atom is 0.125 e. The number of amidine groups is 1. The zero-order chi connectivity index (χ0) is 13.1. The Morgan fingerprint density at radius 3 is 2.67 bits per heavy atom. The Labute approximate surface area is 108 Å². The number of pyridine rings is 1. The van der Waals surface area contributed by atoms with Crippen molar-refractivity contribution in [3.05, 3.63) is 24.0 Å². The highest BCUT2D eigenvalue weighted by Gasteiger charge is 2.22. The fourth-order valence-electron chi connectivity index (χ4n) is 2.49. The average Bonchev–Trinajstić information content (AvgIpc) is 2.39. The minimum atomic E-state index is 0.113. The molecule has 0 spiro atoms. The van der Waals surface area contributed by atoms with Gasteiger partial charge in [0.2, 0.25) is 0 Å². The molecule has 0 saturated carbocycles. The van der Waals surface area contributed by atoms with E-state index in [9.17, 15) is 0 Å². The molecule has 1 aliphatic heterocycles. The molecule has 2 rings (SSSR count). The van der Waals surface area contributed by atoms with Gasteiger partial charge in [-0.15, -0.1) is 0 Å². The molecule has 1 saturated heterocycles. The third kappa shape index (κ3) is 2.61. The lowest BCUT2D eigenvalue weighted by atomic mass is 10.0. The van der Waals surface area contributed by atoms with Gasteiger partial charge in [0.15, 0.2) is 0 Å². The third-order valence-electron chi connectivity index (χ3n) is 3.63. The molecule has 1 aromatic heterocycles. The summed E-state index contributed by atoms with van der Waals surface area (Å²) in [5.41, 5.74) is 7.39. The molecule has 0 bridgehead atoms. The second-order valence-electron chi connectivity index (χ2n) is 4.99. The predicted octanol–water partition coefficient (Wildman–Crippen LogP) is 0.896. The van der Waals surface area contributed by atoms with Crippen molar-refractivity contribution in [3.63, 3.8) is 0 Å². The number of aromatic nitrogens is 1. The predicted molar refractivity (Wildman–Crippen MR) is 74.2 cm³/mol. The van der Waals surface area contributed by atoms with E-state index < -0.39 is 0 Å². The summed E-state index contributed by atoms with van der Waals surface area (Å²) >= 11 is 0. The molecule has 5 nitrogen and oxygen atoms in total. The van der Waals surface area contributed by atoms with Crippen LogP contribution >= 0.6 is 0 Å². The first-order valence-corrected chi connectivity index (χ1v) is 6.29. The van der Waals surface area contributed by atoms with E-state index in [4.69, 9.17) is 11.1 Å². The van der Waals surface area contributed by atoms with Gasteiger partial charge in [0, 0.05) is 30.9 Å². The average molecular weight is 247 g/mol. The molecule has 98 valence electrons. The largest absolute Gasteiger partial charge is 0.384 e. The Kier molecular flexibility index (Phi) is 3.81.